The number of nitrogens with zero attached hydrogens (tertiary/aromatic N) is 1. The number of amides is 1. The second-order valence-electron chi connectivity index (χ2n) is 10.6. The monoisotopic (exact) mass is 587 g/mol. The van der Waals surface area contributed by atoms with Gasteiger partial charge in [0.15, 0.2) is 0 Å². The second kappa shape index (κ2) is 15.7. The van der Waals surface area contributed by atoms with Gasteiger partial charge in [-0.1, -0.05) is 36.4 Å². The highest BCUT2D eigenvalue weighted by Crippen LogP contribution is 2.25. The molecule has 1 saturated heterocycles. The van der Waals surface area contributed by atoms with Gasteiger partial charge in [-0.15, -0.1) is 0 Å². The zero-order valence-electron chi connectivity index (χ0n) is 24.7. The molecule has 0 aromatic heterocycles. The van der Waals surface area contributed by atoms with Crippen LogP contribution in [0.2, 0.25) is 0 Å². The molecule has 7 nitrogen and oxygen atoms in total. The van der Waals surface area contributed by atoms with E-state index in [1.165, 1.54) is 26.4 Å². The number of allylic oxidation sites excluding steroid dienone is 1. The summed E-state index contributed by atoms with van der Waals surface area (Å²) in [6.07, 6.45) is 8.45. The van der Waals surface area contributed by atoms with Crippen molar-refractivity contribution in [3.8, 4) is 5.75 Å². The standard InChI is InChI=1S/C35H38FNO6/c1-41-34(39)28-13-8-25(9-14-28)6-7-26(23-27-10-15-29(16-11-27)35(40)42-2)12-17-30-24-31(36)18-19-32(30)43-22-4-21-37-20-3-5-33(37)38/h8-19,24,26H,3-7,20-23H2,1-2H3/b17-12+. The number of aryl methyl sites for hydroxylation is 1. The molecule has 0 saturated carbocycles. The molecule has 3 aromatic rings. The summed E-state index contributed by atoms with van der Waals surface area (Å²) in [6, 6.07) is 19.2. The van der Waals surface area contributed by atoms with E-state index in [-0.39, 0.29) is 29.6 Å². The number of carbonyl (C=O) groups is 3. The fraction of sp³-hybridized carbons (Fsp3) is 0.343. The Kier molecular flexibility index (Phi) is 11.5. The first kappa shape index (κ1) is 31.5. The maximum atomic E-state index is 14.3. The van der Waals surface area contributed by atoms with Crippen LogP contribution in [0.25, 0.3) is 6.08 Å². The van der Waals surface area contributed by atoms with Crippen LogP contribution in [0.5, 0.6) is 5.75 Å². The Morgan fingerprint density at radius 1 is 0.930 bits per heavy atom. The van der Waals surface area contributed by atoms with Gasteiger partial charge in [0.1, 0.15) is 11.6 Å². The number of halogens is 1. The zero-order chi connectivity index (χ0) is 30.6. The fourth-order valence-corrected chi connectivity index (χ4v) is 5.14. The Morgan fingerprint density at radius 2 is 1.58 bits per heavy atom. The number of benzene rings is 3. The molecule has 1 fully saturated rings. The molecular formula is C35H38FNO6. The predicted molar refractivity (Wildman–Crippen MR) is 162 cm³/mol. The summed E-state index contributed by atoms with van der Waals surface area (Å²) in [7, 11) is 2.71. The first-order valence-corrected chi connectivity index (χ1v) is 14.6. The molecule has 226 valence electrons. The van der Waals surface area contributed by atoms with Crippen LogP contribution in [-0.2, 0) is 27.1 Å². The lowest BCUT2D eigenvalue weighted by atomic mass is 9.91. The topological polar surface area (TPSA) is 82.1 Å². The summed E-state index contributed by atoms with van der Waals surface area (Å²) in [5, 5.41) is 0. The molecule has 1 heterocycles. The van der Waals surface area contributed by atoms with Crippen molar-refractivity contribution in [1.82, 2.24) is 4.90 Å². The molecule has 8 heteroatoms. The summed E-state index contributed by atoms with van der Waals surface area (Å²) in [5.74, 6) is -0.248. The van der Waals surface area contributed by atoms with Gasteiger partial charge in [-0.05, 0) is 91.6 Å². The largest absolute Gasteiger partial charge is 0.493 e. The molecule has 4 rings (SSSR count). The lowest BCUT2D eigenvalue weighted by molar-refractivity contribution is -0.127. The van der Waals surface area contributed by atoms with Gasteiger partial charge in [-0.3, -0.25) is 4.79 Å². The minimum atomic E-state index is -0.385. The third-order valence-corrected chi connectivity index (χ3v) is 7.57. The first-order chi connectivity index (χ1) is 20.9. The summed E-state index contributed by atoms with van der Waals surface area (Å²) < 4.78 is 29.9. The van der Waals surface area contributed by atoms with Crippen molar-refractivity contribution < 1.29 is 33.0 Å². The molecule has 0 N–H and O–H groups in total. The van der Waals surface area contributed by atoms with E-state index in [9.17, 15) is 18.8 Å². The Labute approximate surface area is 252 Å². The van der Waals surface area contributed by atoms with Gasteiger partial charge in [-0.25, -0.2) is 14.0 Å². The van der Waals surface area contributed by atoms with Crippen molar-refractivity contribution in [3.05, 3.63) is 106 Å². The van der Waals surface area contributed by atoms with Crippen LogP contribution in [0.15, 0.2) is 72.8 Å². The van der Waals surface area contributed by atoms with Gasteiger partial charge in [-0.2, -0.15) is 0 Å². The highest BCUT2D eigenvalue weighted by molar-refractivity contribution is 5.89. The third kappa shape index (κ3) is 9.26. The van der Waals surface area contributed by atoms with Crippen molar-refractivity contribution in [2.75, 3.05) is 33.9 Å². The van der Waals surface area contributed by atoms with Gasteiger partial charge < -0.3 is 19.1 Å². The van der Waals surface area contributed by atoms with E-state index in [0.717, 1.165) is 36.9 Å². The fourth-order valence-electron chi connectivity index (χ4n) is 5.14. The van der Waals surface area contributed by atoms with Crippen LogP contribution in [0.3, 0.4) is 0 Å². The van der Waals surface area contributed by atoms with Crippen molar-refractivity contribution in [1.29, 1.82) is 0 Å². The van der Waals surface area contributed by atoms with Gasteiger partial charge >= 0.3 is 11.9 Å². The second-order valence-corrected chi connectivity index (χ2v) is 10.6. The van der Waals surface area contributed by atoms with Crippen LogP contribution in [0.1, 0.15) is 63.1 Å². The molecule has 1 aliphatic heterocycles. The predicted octanol–water partition coefficient (Wildman–Crippen LogP) is 6.30. The summed E-state index contributed by atoms with van der Waals surface area (Å²) in [6.45, 7) is 1.88. The van der Waals surface area contributed by atoms with Crippen molar-refractivity contribution >= 4 is 23.9 Å². The number of hydrogen-bond donors (Lipinski definition) is 0. The number of esters is 2. The number of carbonyl (C=O) groups excluding carboxylic acids is 3. The van der Waals surface area contributed by atoms with Gasteiger partial charge in [0.05, 0.1) is 32.0 Å². The molecule has 1 aliphatic rings. The van der Waals surface area contributed by atoms with Crippen LogP contribution >= 0.6 is 0 Å². The van der Waals surface area contributed by atoms with E-state index in [0.29, 0.717) is 54.9 Å². The highest BCUT2D eigenvalue weighted by atomic mass is 19.1. The van der Waals surface area contributed by atoms with Crippen LogP contribution in [-0.4, -0.2) is 56.7 Å². The molecule has 0 spiro atoms. The average molecular weight is 588 g/mol. The number of hydrogen-bond acceptors (Lipinski definition) is 6. The maximum absolute atomic E-state index is 14.3. The van der Waals surface area contributed by atoms with Crippen molar-refractivity contribution in [2.24, 2.45) is 5.92 Å². The molecule has 0 aliphatic carbocycles. The zero-order valence-corrected chi connectivity index (χ0v) is 24.7. The SMILES string of the molecule is COC(=O)c1ccc(CCC(/C=C/c2cc(F)ccc2OCCCN2CCCC2=O)Cc2ccc(C(=O)OC)cc2)cc1. The van der Waals surface area contributed by atoms with Gasteiger partial charge in [0.25, 0.3) is 0 Å². The van der Waals surface area contributed by atoms with E-state index in [1.54, 1.807) is 30.3 Å². The van der Waals surface area contributed by atoms with Crippen LogP contribution in [0, 0.1) is 11.7 Å². The smallest absolute Gasteiger partial charge is 0.337 e. The van der Waals surface area contributed by atoms with Gasteiger partial charge in [0.2, 0.25) is 5.91 Å². The Bertz CT molecular complexity index is 1420. The van der Waals surface area contributed by atoms with E-state index >= 15 is 0 Å². The van der Waals surface area contributed by atoms with E-state index in [2.05, 4.69) is 6.08 Å². The third-order valence-electron chi connectivity index (χ3n) is 7.57. The van der Waals surface area contributed by atoms with E-state index in [1.807, 2.05) is 35.2 Å². The van der Waals surface area contributed by atoms with Crippen LogP contribution < -0.4 is 4.74 Å². The molecule has 1 unspecified atom stereocenters. The summed E-state index contributed by atoms with van der Waals surface area (Å²) >= 11 is 0. The van der Waals surface area contributed by atoms with E-state index in [4.69, 9.17) is 14.2 Å². The Hall–Kier alpha value is -4.46. The van der Waals surface area contributed by atoms with Gasteiger partial charge in [0, 0.05) is 25.1 Å². The normalized spacial score (nSPS) is 13.7. The lowest BCUT2D eigenvalue weighted by Gasteiger charge is -2.16. The lowest BCUT2D eigenvalue weighted by Crippen LogP contribution is -2.26. The molecule has 43 heavy (non-hydrogen) atoms. The Morgan fingerprint density at radius 3 is 2.19 bits per heavy atom. The molecule has 1 amide bonds. The van der Waals surface area contributed by atoms with Crippen LogP contribution in [0.4, 0.5) is 4.39 Å². The minimum Gasteiger partial charge on any atom is -0.493 e. The molecule has 0 radical (unpaired) electrons. The minimum absolute atomic E-state index is 0.0848. The first-order valence-electron chi connectivity index (χ1n) is 14.6. The number of methoxy groups -OCH3 is 2. The maximum Gasteiger partial charge on any atom is 0.337 e. The summed E-state index contributed by atoms with van der Waals surface area (Å²) in [4.78, 5) is 37.4. The van der Waals surface area contributed by atoms with Crippen molar-refractivity contribution in [2.45, 2.75) is 38.5 Å². The Balaban J connectivity index is 1.46. The number of ether oxygens (including phenoxy) is 3. The quantitative estimate of drug-likeness (QED) is 0.163. The molecular weight excluding hydrogens is 549 g/mol. The molecule has 3 aromatic carbocycles. The van der Waals surface area contributed by atoms with E-state index < -0.39 is 0 Å². The number of rotatable bonds is 14. The van der Waals surface area contributed by atoms with Crippen molar-refractivity contribution in [3.63, 3.8) is 0 Å². The average Bonchev–Trinajstić information content (AvgIpc) is 3.45. The summed E-state index contributed by atoms with van der Waals surface area (Å²) in [5.41, 5.74) is 3.76. The number of likely N-dealkylation sites (tertiary alicyclic amines) is 1. The molecule has 0 bridgehead atoms. The molecule has 1 atom stereocenters. The highest BCUT2D eigenvalue weighted by Gasteiger charge is 2.19.